The van der Waals surface area contributed by atoms with Crippen LogP contribution in [0.1, 0.15) is 11.4 Å². The molecule has 0 aliphatic carbocycles. The summed E-state index contributed by atoms with van der Waals surface area (Å²) in [5.41, 5.74) is 2.25. The van der Waals surface area contributed by atoms with Gasteiger partial charge in [-0.05, 0) is 17.7 Å². The fourth-order valence-corrected chi connectivity index (χ4v) is 1.80. The van der Waals surface area contributed by atoms with Crippen molar-refractivity contribution < 1.29 is 9.53 Å². The molecule has 2 aromatic rings. The van der Waals surface area contributed by atoms with Crippen molar-refractivity contribution in [3.05, 3.63) is 46.1 Å². The van der Waals surface area contributed by atoms with Crippen molar-refractivity contribution in [1.29, 1.82) is 0 Å². The Morgan fingerprint density at radius 3 is 2.62 bits per heavy atom. The summed E-state index contributed by atoms with van der Waals surface area (Å²) >= 11 is 0. The van der Waals surface area contributed by atoms with E-state index >= 15 is 0 Å². The molecule has 112 valence electrons. The first-order valence-electron chi connectivity index (χ1n) is 6.11. The number of rotatable bonds is 5. The van der Waals surface area contributed by atoms with Crippen molar-refractivity contribution in [2.45, 2.75) is 13.0 Å². The molecule has 0 radical (unpaired) electrons. The molecule has 0 unspecified atom stereocenters. The van der Waals surface area contributed by atoms with Gasteiger partial charge in [0, 0.05) is 6.42 Å². The maximum atomic E-state index is 11.8. The Bertz CT molecular complexity index is 688. The molecule has 0 fully saturated rings. The van der Waals surface area contributed by atoms with Crippen LogP contribution in [0.3, 0.4) is 0 Å². The Kier molecular flexibility index (Phi) is 4.24. The minimum atomic E-state index is -0.581. The predicted octanol–water partition coefficient (Wildman–Crippen LogP) is -1.65. The molecule has 0 bridgehead atoms. The summed E-state index contributed by atoms with van der Waals surface area (Å²) < 4.78 is 6.94. The highest BCUT2D eigenvalue weighted by Crippen LogP contribution is 2.13. The number of ether oxygens (including phenoxy) is 1. The Balaban J connectivity index is 2.21. The topological polar surface area (TPSA) is 130 Å². The Morgan fingerprint density at radius 2 is 2.05 bits per heavy atom. The first-order chi connectivity index (χ1) is 10.0. The number of hydrogen-bond acceptors (Lipinski definition) is 6. The number of nitrogen functional groups attached to an aromatic ring is 1. The number of carbonyl (C=O) groups is 1. The number of amides is 1. The van der Waals surface area contributed by atoms with Gasteiger partial charge in [-0.25, -0.2) is 15.3 Å². The molecule has 0 aliphatic rings. The van der Waals surface area contributed by atoms with Crippen molar-refractivity contribution in [3.8, 4) is 5.75 Å². The van der Waals surface area contributed by atoms with Crippen LogP contribution in [-0.4, -0.2) is 27.5 Å². The Labute approximate surface area is 120 Å². The van der Waals surface area contributed by atoms with Gasteiger partial charge in [0.25, 0.3) is 5.91 Å². The van der Waals surface area contributed by atoms with E-state index in [2.05, 4.69) is 5.10 Å². The lowest BCUT2D eigenvalue weighted by Gasteiger charge is -2.02. The van der Waals surface area contributed by atoms with E-state index in [1.54, 1.807) is 19.2 Å². The van der Waals surface area contributed by atoms with E-state index in [1.807, 2.05) is 17.6 Å². The second-order valence-corrected chi connectivity index (χ2v) is 4.32. The van der Waals surface area contributed by atoms with Gasteiger partial charge in [-0.1, -0.05) is 12.1 Å². The molecule has 0 saturated carbocycles. The highest BCUT2D eigenvalue weighted by Gasteiger charge is 2.13. The summed E-state index contributed by atoms with van der Waals surface area (Å²) in [4.78, 5) is 23.0. The van der Waals surface area contributed by atoms with Gasteiger partial charge < -0.3 is 10.6 Å². The van der Waals surface area contributed by atoms with E-state index in [0.29, 0.717) is 12.2 Å². The molecule has 0 aliphatic heterocycles. The summed E-state index contributed by atoms with van der Waals surface area (Å²) in [6, 6.07) is 7.28. The average Bonchev–Trinajstić information content (AvgIpc) is 2.76. The van der Waals surface area contributed by atoms with Gasteiger partial charge in [0.1, 0.15) is 12.3 Å². The summed E-state index contributed by atoms with van der Waals surface area (Å²) in [6.07, 6.45) is 0.354. The van der Waals surface area contributed by atoms with Crippen LogP contribution in [-0.2, 0) is 17.8 Å². The summed E-state index contributed by atoms with van der Waals surface area (Å²) in [7, 11) is 1.58. The zero-order chi connectivity index (χ0) is 15.4. The van der Waals surface area contributed by atoms with Crippen molar-refractivity contribution >= 4 is 5.91 Å². The van der Waals surface area contributed by atoms with Crippen molar-refractivity contribution in [2.24, 2.45) is 5.84 Å². The van der Waals surface area contributed by atoms with Gasteiger partial charge in [-0.15, -0.1) is 0 Å². The number of benzene rings is 1. The van der Waals surface area contributed by atoms with E-state index in [-0.39, 0.29) is 6.54 Å². The normalized spacial score (nSPS) is 10.4. The van der Waals surface area contributed by atoms with Crippen LogP contribution in [0.4, 0.5) is 0 Å². The second-order valence-electron chi connectivity index (χ2n) is 4.32. The molecule has 0 atom stereocenters. The van der Waals surface area contributed by atoms with Gasteiger partial charge in [-0.3, -0.25) is 10.2 Å². The monoisotopic (exact) mass is 292 g/mol. The molecule has 2 rings (SSSR count). The van der Waals surface area contributed by atoms with E-state index in [9.17, 15) is 9.59 Å². The van der Waals surface area contributed by atoms with Gasteiger partial charge in [0.15, 0.2) is 5.82 Å². The lowest BCUT2D eigenvalue weighted by atomic mass is 10.1. The Hall–Kier alpha value is -2.81. The maximum absolute atomic E-state index is 11.8. The van der Waals surface area contributed by atoms with Gasteiger partial charge in [-0.2, -0.15) is 9.77 Å². The average molecular weight is 292 g/mol. The van der Waals surface area contributed by atoms with Crippen molar-refractivity contribution in [2.75, 3.05) is 13.0 Å². The molecule has 1 aromatic heterocycles. The molecule has 1 aromatic carbocycles. The van der Waals surface area contributed by atoms with E-state index < -0.39 is 11.6 Å². The van der Waals surface area contributed by atoms with Crippen LogP contribution in [0, 0.1) is 0 Å². The highest BCUT2D eigenvalue weighted by atomic mass is 16.5. The summed E-state index contributed by atoms with van der Waals surface area (Å²) in [5.74, 6) is 11.2. The van der Waals surface area contributed by atoms with Crippen molar-refractivity contribution in [3.63, 3.8) is 0 Å². The van der Waals surface area contributed by atoms with Gasteiger partial charge in [0.05, 0.1) is 7.11 Å². The van der Waals surface area contributed by atoms with Crippen LogP contribution in [0.15, 0.2) is 29.1 Å². The third kappa shape index (κ3) is 3.20. The largest absolute Gasteiger partial charge is 0.497 e. The molecule has 0 saturated heterocycles. The number of nitrogens with zero attached hydrogens (tertiary/aromatic N) is 3. The van der Waals surface area contributed by atoms with Gasteiger partial charge in [0.2, 0.25) is 0 Å². The molecule has 5 N–H and O–H groups in total. The van der Waals surface area contributed by atoms with Crippen LogP contribution in [0.5, 0.6) is 5.75 Å². The van der Waals surface area contributed by atoms with Crippen LogP contribution in [0.2, 0.25) is 0 Å². The molecule has 1 heterocycles. The smallest absolute Gasteiger partial charge is 0.365 e. The zero-order valence-corrected chi connectivity index (χ0v) is 11.4. The molecule has 0 spiro atoms. The standard InChI is InChI=1S/C12H16N6O3/c1-21-9-4-2-8(3-5-9)6-10-16-17(7-11(19)15-13)12(20)18(10)14/h2-5H,6-7,13-14H2,1H3,(H,15,19). The lowest BCUT2D eigenvalue weighted by Crippen LogP contribution is -2.38. The molecular formula is C12H16N6O3. The van der Waals surface area contributed by atoms with E-state index in [4.69, 9.17) is 16.4 Å². The third-order valence-electron chi connectivity index (χ3n) is 2.92. The number of nitrogens with one attached hydrogen (secondary N) is 1. The molecule has 21 heavy (non-hydrogen) atoms. The van der Waals surface area contributed by atoms with Crippen LogP contribution < -0.4 is 27.5 Å². The van der Waals surface area contributed by atoms with Crippen molar-refractivity contribution in [1.82, 2.24) is 19.9 Å². The molecule has 9 nitrogen and oxygen atoms in total. The number of hydrogen-bond donors (Lipinski definition) is 3. The number of carbonyl (C=O) groups excluding carboxylic acids is 1. The van der Waals surface area contributed by atoms with Crippen LogP contribution in [0.25, 0.3) is 0 Å². The minimum Gasteiger partial charge on any atom is -0.497 e. The minimum absolute atomic E-state index is 0.283. The Morgan fingerprint density at radius 1 is 1.38 bits per heavy atom. The SMILES string of the molecule is COc1ccc(Cc2nn(CC(=O)NN)c(=O)n2N)cc1. The molecular weight excluding hydrogens is 276 g/mol. The first-order valence-corrected chi connectivity index (χ1v) is 6.11. The summed E-state index contributed by atoms with van der Waals surface area (Å²) in [6.45, 7) is -0.283. The predicted molar refractivity (Wildman–Crippen MR) is 74.8 cm³/mol. The van der Waals surface area contributed by atoms with E-state index in [0.717, 1.165) is 20.7 Å². The summed E-state index contributed by atoms with van der Waals surface area (Å²) in [5, 5.41) is 4.03. The lowest BCUT2D eigenvalue weighted by molar-refractivity contribution is -0.121. The maximum Gasteiger partial charge on any atom is 0.365 e. The quantitative estimate of drug-likeness (QED) is 0.344. The molecule has 1 amide bonds. The first kappa shape index (κ1) is 14.6. The second kappa shape index (κ2) is 6.09. The molecule has 9 heteroatoms. The number of methoxy groups -OCH3 is 1. The fraction of sp³-hybridized carbons (Fsp3) is 0.250. The third-order valence-corrected chi connectivity index (χ3v) is 2.92. The zero-order valence-electron chi connectivity index (χ0n) is 11.4. The number of aromatic nitrogens is 3. The number of nitrogens with two attached hydrogens (primary N) is 2. The van der Waals surface area contributed by atoms with E-state index in [1.165, 1.54) is 0 Å². The van der Waals surface area contributed by atoms with Gasteiger partial charge >= 0.3 is 5.69 Å². The number of hydrazine groups is 1. The highest BCUT2D eigenvalue weighted by molar-refractivity contribution is 5.74. The van der Waals surface area contributed by atoms with Crippen LogP contribution >= 0.6 is 0 Å². The fourth-order valence-electron chi connectivity index (χ4n) is 1.80.